The molecule has 2 heterocycles. The van der Waals surface area contributed by atoms with Gasteiger partial charge in [-0.25, -0.2) is 0 Å². The Kier molecular flexibility index (Phi) is 12.5. The van der Waals surface area contributed by atoms with Crippen LogP contribution in [0.4, 0.5) is 0 Å². The van der Waals surface area contributed by atoms with Gasteiger partial charge in [-0.2, -0.15) is 0 Å². The summed E-state index contributed by atoms with van der Waals surface area (Å²) in [6, 6.07) is 20.7. The fraction of sp³-hybridized carbons (Fsp3) is 0.553. The zero-order chi connectivity index (χ0) is 29.9. The summed E-state index contributed by atoms with van der Waals surface area (Å²) in [5, 5.41) is 11.9. The molecule has 2 aromatic carbocycles. The van der Waals surface area contributed by atoms with E-state index < -0.39 is 6.10 Å². The molecule has 0 spiro atoms. The molecule has 4 heteroatoms. The van der Waals surface area contributed by atoms with Crippen molar-refractivity contribution in [3.05, 3.63) is 82.9 Å². The van der Waals surface area contributed by atoms with Crippen LogP contribution in [0.25, 0.3) is 12.2 Å². The van der Waals surface area contributed by atoms with E-state index in [1.54, 1.807) is 0 Å². The van der Waals surface area contributed by atoms with Crippen molar-refractivity contribution in [3.8, 4) is 0 Å². The van der Waals surface area contributed by atoms with Crippen LogP contribution in [0.3, 0.4) is 0 Å². The van der Waals surface area contributed by atoms with Gasteiger partial charge in [0, 0.05) is 6.42 Å². The third-order valence-electron chi connectivity index (χ3n) is 9.09. The second-order valence-corrected chi connectivity index (χ2v) is 12.9. The second-order valence-electron chi connectivity index (χ2n) is 12.9. The topological polar surface area (TPSA) is 55.8 Å². The summed E-state index contributed by atoms with van der Waals surface area (Å²) in [5.74, 6) is 0.286. The van der Waals surface area contributed by atoms with E-state index in [-0.39, 0.29) is 36.1 Å². The Morgan fingerprint density at radius 2 is 1.48 bits per heavy atom. The molecule has 0 unspecified atom stereocenters. The number of carbonyl (C=O) groups excluding carboxylic acids is 1. The Labute approximate surface area is 254 Å². The van der Waals surface area contributed by atoms with E-state index >= 15 is 0 Å². The summed E-state index contributed by atoms with van der Waals surface area (Å²) < 4.78 is 12.8. The molecule has 0 aliphatic carbocycles. The standard InChI is InChI=1S/C38H52O4/c1-5-14-34-25-32(23-30-16-8-6-9-17-30)21-29(4)37(39)33(24-31-18-10-7-11-19-31)26-35-22-28(3)36(41-35)20-13-12-15-27(2)38(40)42-34/h6-11,16-19,23-24,27-29,34-37,39H,5,12-15,20-22,25-26H2,1-4H3/b32-23+,33-24?/t27-,28-,29+,34+,35+,36-,37-/m0/s1. The first-order valence-electron chi connectivity index (χ1n) is 16.4. The van der Waals surface area contributed by atoms with Crippen LogP contribution in [0, 0.1) is 17.8 Å². The molecular formula is C38H52O4. The first kappa shape index (κ1) is 32.2. The zero-order valence-electron chi connectivity index (χ0n) is 26.2. The SMILES string of the molecule is CCC[C@@H]1C/C(=C/c2ccccc2)C[C@@H](C)[C@H](O)C(=Cc2ccccc2)C[C@H]2C[C@H](C)[C@H](CCCC[C@H](C)C(=O)O1)O2. The number of rotatable bonds is 4. The van der Waals surface area contributed by atoms with Crippen LogP contribution in [0.2, 0.25) is 0 Å². The summed E-state index contributed by atoms with van der Waals surface area (Å²) in [5.41, 5.74) is 4.48. The minimum absolute atomic E-state index is 0.0136. The Balaban J connectivity index is 1.66. The van der Waals surface area contributed by atoms with Gasteiger partial charge in [-0.1, -0.05) is 125 Å². The number of cyclic esters (lactones) is 1. The number of benzene rings is 2. The summed E-state index contributed by atoms with van der Waals surface area (Å²) in [4.78, 5) is 13.2. The quantitative estimate of drug-likeness (QED) is 0.371. The molecule has 42 heavy (non-hydrogen) atoms. The third-order valence-corrected chi connectivity index (χ3v) is 9.09. The molecule has 0 amide bonds. The van der Waals surface area contributed by atoms with Crippen molar-refractivity contribution in [1.82, 2.24) is 0 Å². The average Bonchev–Trinajstić information content (AvgIpc) is 3.33. The number of aliphatic hydroxyl groups is 1. The molecule has 7 atom stereocenters. The molecule has 228 valence electrons. The number of carbonyl (C=O) groups is 1. The van der Waals surface area contributed by atoms with E-state index in [1.165, 1.54) is 5.57 Å². The fourth-order valence-electron chi connectivity index (χ4n) is 6.67. The van der Waals surface area contributed by atoms with Gasteiger partial charge in [-0.05, 0) is 67.1 Å². The Bertz CT molecular complexity index is 1150. The lowest BCUT2D eigenvalue weighted by atomic mass is 9.85. The smallest absolute Gasteiger partial charge is 0.308 e. The first-order valence-corrected chi connectivity index (χ1v) is 16.4. The van der Waals surface area contributed by atoms with Crippen molar-refractivity contribution < 1.29 is 19.4 Å². The highest BCUT2D eigenvalue weighted by Crippen LogP contribution is 2.36. The maximum Gasteiger partial charge on any atom is 0.308 e. The van der Waals surface area contributed by atoms with Crippen molar-refractivity contribution in [2.75, 3.05) is 0 Å². The first-order chi connectivity index (χ1) is 20.3. The highest BCUT2D eigenvalue weighted by Gasteiger charge is 2.34. The van der Waals surface area contributed by atoms with Crippen molar-refractivity contribution in [1.29, 1.82) is 0 Å². The normalized spacial score (nSPS) is 32.3. The molecule has 1 N–H and O–H groups in total. The van der Waals surface area contributed by atoms with Crippen LogP contribution in [-0.4, -0.2) is 35.5 Å². The second kappa shape index (κ2) is 16.2. The molecule has 4 nitrogen and oxygen atoms in total. The number of hydrogen-bond donors (Lipinski definition) is 1. The van der Waals surface area contributed by atoms with Gasteiger partial charge < -0.3 is 14.6 Å². The van der Waals surface area contributed by atoms with Gasteiger partial charge in [0.25, 0.3) is 0 Å². The van der Waals surface area contributed by atoms with Gasteiger partial charge in [-0.15, -0.1) is 0 Å². The van der Waals surface area contributed by atoms with Crippen molar-refractivity contribution in [2.24, 2.45) is 17.8 Å². The maximum atomic E-state index is 13.2. The molecule has 0 aromatic heterocycles. The number of esters is 1. The molecule has 2 fully saturated rings. The molecule has 0 radical (unpaired) electrons. The van der Waals surface area contributed by atoms with Crippen LogP contribution in [0.1, 0.15) is 103 Å². The highest BCUT2D eigenvalue weighted by atomic mass is 16.5. The van der Waals surface area contributed by atoms with E-state index in [4.69, 9.17) is 9.47 Å². The van der Waals surface area contributed by atoms with E-state index in [0.29, 0.717) is 12.3 Å². The number of ether oxygens (including phenoxy) is 2. The molecule has 2 aromatic rings. The molecule has 2 bridgehead atoms. The molecular weight excluding hydrogens is 520 g/mol. The largest absolute Gasteiger partial charge is 0.462 e. The third kappa shape index (κ3) is 9.67. The minimum Gasteiger partial charge on any atom is -0.462 e. The summed E-state index contributed by atoms with van der Waals surface area (Å²) in [7, 11) is 0. The van der Waals surface area contributed by atoms with Gasteiger partial charge in [-0.3, -0.25) is 4.79 Å². The van der Waals surface area contributed by atoms with E-state index in [1.807, 2.05) is 43.3 Å². The Hall–Kier alpha value is -2.69. The predicted octanol–water partition coefficient (Wildman–Crippen LogP) is 9.04. The molecule has 2 aliphatic rings. The van der Waals surface area contributed by atoms with Crippen LogP contribution in [-0.2, 0) is 14.3 Å². The lowest BCUT2D eigenvalue weighted by Crippen LogP contribution is -2.26. The summed E-state index contributed by atoms with van der Waals surface area (Å²) >= 11 is 0. The van der Waals surface area contributed by atoms with Crippen molar-refractivity contribution >= 4 is 18.1 Å². The molecule has 4 rings (SSSR count). The summed E-state index contributed by atoms with van der Waals surface area (Å²) in [6.07, 6.45) is 12.8. The van der Waals surface area contributed by atoms with Crippen LogP contribution < -0.4 is 0 Å². The monoisotopic (exact) mass is 572 g/mol. The Morgan fingerprint density at radius 1 is 0.833 bits per heavy atom. The van der Waals surface area contributed by atoms with Crippen molar-refractivity contribution in [2.45, 2.75) is 116 Å². The van der Waals surface area contributed by atoms with Crippen molar-refractivity contribution in [3.63, 3.8) is 0 Å². The minimum atomic E-state index is -0.603. The van der Waals surface area contributed by atoms with Crippen LogP contribution >= 0.6 is 0 Å². The number of aliphatic hydroxyl groups excluding tert-OH is 1. The lowest BCUT2D eigenvalue weighted by Gasteiger charge is -2.27. The highest BCUT2D eigenvalue weighted by molar-refractivity contribution is 5.72. The van der Waals surface area contributed by atoms with E-state index in [9.17, 15) is 9.90 Å². The van der Waals surface area contributed by atoms with Crippen LogP contribution in [0.5, 0.6) is 0 Å². The molecule has 0 saturated carbocycles. The molecule has 2 saturated heterocycles. The zero-order valence-corrected chi connectivity index (χ0v) is 26.2. The van der Waals surface area contributed by atoms with Gasteiger partial charge in [0.2, 0.25) is 0 Å². The van der Waals surface area contributed by atoms with Gasteiger partial charge >= 0.3 is 5.97 Å². The van der Waals surface area contributed by atoms with Gasteiger partial charge in [0.1, 0.15) is 6.10 Å². The van der Waals surface area contributed by atoms with Gasteiger partial charge in [0.05, 0.1) is 24.2 Å². The van der Waals surface area contributed by atoms with E-state index in [0.717, 1.165) is 74.5 Å². The Morgan fingerprint density at radius 3 is 2.14 bits per heavy atom. The molecule has 2 aliphatic heterocycles. The fourth-order valence-corrected chi connectivity index (χ4v) is 6.67. The maximum absolute atomic E-state index is 13.2. The van der Waals surface area contributed by atoms with Gasteiger partial charge in [0.15, 0.2) is 0 Å². The summed E-state index contributed by atoms with van der Waals surface area (Å²) in [6.45, 7) is 8.59. The average molecular weight is 573 g/mol. The predicted molar refractivity (Wildman–Crippen MR) is 173 cm³/mol. The van der Waals surface area contributed by atoms with Crippen LogP contribution in [0.15, 0.2) is 71.8 Å². The lowest BCUT2D eigenvalue weighted by molar-refractivity contribution is -0.154. The number of hydrogen-bond acceptors (Lipinski definition) is 4. The van der Waals surface area contributed by atoms with E-state index in [2.05, 4.69) is 57.2 Å². The number of fused-ring (bicyclic) bond motifs is 2.